The van der Waals surface area contributed by atoms with Gasteiger partial charge in [0.05, 0.1) is 5.56 Å². The van der Waals surface area contributed by atoms with E-state index in [-0.39, 0.29) is 24.1 Å². The van der Waals surface area contributed by atoms with Crippen LogP contribution >= 0.6 is 0 Å². The number of para-hydroxylation sites is 1. The maximum Gasteiger partial charge on any atom is 0.340 e. The zero-order valence-corrected chi connectivity index (χ0v) is 11.3. The van der Waals surface area contributed by atoms with Crippen molar-refractivity contribution in [3.63, 3.8) is 0 Å². The van der Waals surface area contributed by atoms with Gasteiger partial charge in [-0.25, -0.2) is 4.79 Å². The van der Waals surface area contributed by atoms with Gasteiger partial charge in [-0.2, -0.15) is 0 Å². The van der Waals surface area contributed by atoms with Gasteiger partial charge in [0.25, 0.3) is 5.91 Å². The Bertz CT molecular complexity index is 442. The molecule has 0 saturated carbocycles. The molecule has 3 N–H and O–H groups in total. The highest BCUT2D eigenvalue weighted by Gasteiger charge is 2.14. The lowest BCUT2D eigenvalue weighted by Crippen LogP contribution is -2.36. The molecule has 1 aromatic rings. The second-order valence-electron chi connectivity index (χ2n) is 4.24. The number of nitrogens with one attached hydrogen (secondary N) is 1. The van der Waals surface area contributed by atoms with Crippen molar-refractivity contribution < 1.29 is 14.3 Å². The number of esters is 1. The Morgan fingerprint density at radius 2 is 1.89 bits per heavy atom. The molecule has 0 saturated heterocycles. The lowest BCUT2D eigenvalue weighted by Gasteiger charge is -2.14. The second-order valence-corrected chi connectivity index (χ2v) is 4.24. The molecule has 19 heavy (non-hydrogen) atoms. The minimum Gasteiger partial charge on any atom is -0.452 e. The third-order valence-corrected chi connectivity index (χ3v) is 2.87. The maximum absolute atomic E-state index is 11.7. The van der Waals surface area contributed by atoms with Crippen LogP contribution in [0.1, 0.15) is 37.0 Å². The van der Waals surface area contributed by atoms with E-state index >= 15 is 0 Å². The molecule has 0 aliphatic heterocycles. The van der Waals surface area contributed by atoms with E-state index in [4.69, 9.17) is 10.5 Å². The van der Waals surface area contributed by atoms with Crippen molar-refractivity contribution in [1.29, 1.82) is 0 Å². The molecule has 0 aliphatic carbocycles. The number of nitrogen functional groups attached to an aromatic ring is 1. The van der Waals surface area contributed by atoms with Gasteiger partial charge in [0, 0.05) is 11.7 Å². The number of carbonyl (C=O) groups is 2. The Balaban J connectivity index is 2.47. The summed E-state index contributed by atoms with van der Waals surface area (Å²) in [6.45, 7) is 3.69. The van der Waals surface area contributed by atoms with Crippen LogP contribution < -0.4 is 11.1 Å². The fourth-order valence-corrected chi connectivity index (χ4v) is 1.65. The van der Waals surface area contributed by atoms with Crippen molar-refractivity contribution in [2.75, 3.05) is 12.3 Å². The Morgan fingerprint density at radius 1 is 1.26 bits per heavy atom. The van der Waals surface area contributed by atoms with Crippen molar-refractivity contribution in [2.45, 2.75) is 32.7 Å². The predicted molar refractivity (Wildman–Crippen MR) is 73.6 cm³/mol. The van der Waals surface area contributed by atoms with Gasteiger partial charge >= 0.3 is 5.97 Å². The molecule has 0 aromatic heterocycles. The highest BCUT2D eigenvalue weighted by atomic mass is 16.5. The first-order valence-electron chi connectivity index (χ1n) is 6.39. The first kappa shape index (κ1) is 15.0. The zero-order chi connectivity index (χ0) is 14.3. The molecule has 0 radical (unpaired) electrons. The van der Waals surface area contributed by atoms with Crippen LogP contribution in [0.5, 0.6) is 0 Å². The molecule has 0 atom stereocenters. The number of hydrogen-bond acceptors (Lipinski definition) is 4. The highest BCUT2D eigenvalue weighted by molar-refractivity contribution is 5.96. The topological polar surface area (TPSA) is 81.4 Å². The van der Waals surface area contributed by atoms with Gasteiger partial charge in [-0.05, 0) is 25.0 Å². The normalized spacial score (nSPS) is 10.3. The van der Waals surface area contributed by atoms with Gasteiger partial charge in [0.2, 0.25) is 0 Å². The molecule has 0 heterocycles. The molecule has 0 bridgehead atoms. The van der Waals surface area contributed by atoms with Crippen LogP contribution in [-0.2, 0) is 9.53 Å². The van der Waals surface area contributed by atoms with E-state index in [2.05, 4.69) is 5.32 Å². The molecule has 0 unspecified atom stereocenters. The van der Waals surface area contributed by atoms with Gasteiger partial charge in [-0.3, -0.25) is 4.79 Å². The van der Waals surface area contributed by atoms with Crippen molar-refractivity contribution in [3.05, 3.63) is 29.8 Å². The van der Waals surface area contributed by atoms with E-state index in [0.717, 1.165) is 12.8 Å². The third-order valence-electron chi connectivity index (χ3n) is 2.87. The minimum atomic E-state index is -0.585. The maximum atomic E-state index is 11.7. The Morgan fingerprint density at radius 3 is 2.47 bits per heavy atom. The molecule has 1 amide bonds. The molecule has 1 aromatic carbocycles. The van der Waals surface area contributed by atoms with Gasteiger partial charge in [0.1, 0.15) is 0 Å². The molecule has 104 valence electrons. The quantitative estimate of drug-likeness (QED) is 0.605. The summed E-state index contributed by atoms with van der Waals surface area (Å²) < 4.78 is 4.93. The third kappa shape index (κ3) is 4.62. The number of amides is 1. The Labute approximate surface area is 113 Å². The number of nitrogens with two attached hydrogens (primary N) is 1. The lowest BCUT2D eigenvalue weighted by atomic mass is 10.2. The summed E-state index contributed by atoms with van der Waals surface area (Å²) in [6, 6.07) is 6.72. The largest absolute Gasteiger partial charge is 0.452 e. The molecule has 5 nitrogen and oxygen atoms in total. The van der Waals surface area contributed by atoms with E-state index in [1.165, 1.54) is 0 Å². The molecule has 0 fully saturated rings. The lowest BCUT2D eigenvalue weighted by molar-refractivity contribution is -0.125. The van der Waals surface area contributed by atoms with E-state index in [1.54, 1.807) is 24.3 Å². The van der Waals surface area contributed by atoms with Gasteiger partial charge in [-0.1, -0.05) is 26.0 Å². The summed E-state index contributed by atoms with van der Waals surface area (Å²) in [5, 5.41) is 2.79. The molecular formula is C14H20N2O3. The van der Waals surface area contributed by atoms with Gasteiger partial charge < -0.3 is 15.8 Å². The van der Waals surface area contributed by atoms with Crippen LogP contribution in [0, 0.1) is 0 Å². The van der Waals surface area contributed by atoms with Crippen LogP contribution in [0.15, 0.2) is 24.3 Å². The predicted octanol–water partition coefficient (Wildman–Crippen LogP) is 1.73. The summed E-state index contributed by atoms with van der Waals surface area (Å²) in [7, 11) is 0. The van der Waals surface area contributed by atoms with Crippen molar-refractivity contribution in [3.8, 4) is 0 Å². The first-order chi connectivity index (χ1) is 9.08. The van der Waals surface area contributed by atoms with Crippen molar-refractivity contribution in [2.24, 2.45) is 0 Å². The number of carbonyl (C=O) groups excluding carboxylic acids is 2. The molecule has 0 aliphatic rings. The van der Waals surface area contributed by atoms with Gasteiger partial charge in [0.15, 0.2) is 6.61 Å². The summed E-state index contributed by atoms with van der Waals surface area (Å²) in [5.74, 6) is -0.880. The van der Waals surface area contributed by atoms with Gasteiger partial charge in [-0.15, -0.1) is 0 Å². The van der Waals surface area contributed by atoms with E-state index in [9.17, 15) is 9.59 Å². The van der Waals surface area contributed by atoms with Crippen LogP contribution in [-0.4, -0.2) is 24.5 Å². The van der Waals surface area contributed by atoms with Crippen molar-refractivity contribution in [1.82, 2.24) is 5.32 Å². The standard InChI is InChI=1S/C14H20N2O3/c1-3-10(4-2)16-13(17)9-19-14(18)11-7-5-6-8-12(11)15/h5-8,10H,3-4,9,15H2,1-2H3,(H,16,17). The molecule has 1 rings (SSSR count). The molecular weight excluding hydrogens is 244 g/mol. The number of benzene rings is 1. The Hall–Kier alpha value is -2.04. The summed E-state index contributed by atoms with van der Waals surface area (Å²) in [5.41, 5.74) is 6.27. The molecule has 5 heteroatoms. The summed E-state index contributed by atoms with van der Waals surface area (Å²) >= 11 is 0. The van der Waals surface area contributed by atoms with Crippen LogP contribution in [0.25, 0.3) is 0 Å². The minimum absolute atomic E-state index is 0.119. The van der Waals surface area contributed by atoms with E-state index in [1.807, 2.05) is 13.8 Å². The summed E-state index contributed by atoms with van der Waals surface area (Å²) in [6.07, 6.45) is 1.70. The average molecular weight is 264 g/mol. The fraction of sp³-hybridized carbons (Fsp3) is 0.429. The number of rotatable bonds is 6. The number of ether oxygens (including phenoxy) is 1. The van der Waals surface area contributed by atoms with Crippen LogP contribution in [0.4, 0.5) is 5.69 Å². The summed E-state index contributed by atoms with van der Waals surface area (Å²) in [4.78, 5) is 23.3. The van der Waals surface area contributed by atoms with E-state index in [0.29, 0.717) is 5.69 Å². The number of hydrogen-bond donors (Lipinski definition) is 2. The smallest absolute Gasteiger partial charge is 0.340 e. The van der Waals surface area contributed by atoms with Crippen molar-refractivity contribution >= 4 is 17.6 Å². The zero-order valence-electron chi connectivity index (χ0n) is 11.3. The highest BCUT2D eigenvalue weighted by Crippen LogP contribution is 2.11. The monoisotopic (exact) mass is 264 g/mol. The fourth-order valence-electron chi connectivity index (χ4n) is 1.65. The van der Waals surface area contributed by atoms with Crippen LogP contribution in [0.3, 0.4) is 0 Å². The SMILES string of the molecule is CCC(CC)NC(=O)COC(=O)c1ccccc1N. The first-order valence-corrected chi connectivity index (χ1v) is 6.39. The number of anilines is 1. The average Bonchev–Trinajstić information content (AvgIpc) is 2.42. The Kier molecular flexibility index (Phi) is 5.85. The second kappa shape index (κ2) is 7.41. The van der Waals surface area contributed by atoms with E-state index < -0.39 is 5.97 Å². The molecule has 0 spiro atoms. The van der Waals surface area contributed by atoms with Crippen LogP contribution in [0.2, 0.25) is 0 Å².